The Kier molecular flexibility index (Phi) is 3.56. The predicted octanol–water partition coefficient (Wildman–Crippen LogP) is 0.755. The highest BCUT2D eigenvalue weighted by atomic mass is 16.5. The Morgan fingerprint density at radius 2 is 2.29 bits per heavy atom. The third-order valence-corrected chi connectivity index (χ3v) is 3.24. The summed E-state index contributed by atoms with van der Waals surface area (Å²) >= 11 is 0. The lowest BCUT2D eigenvalue weighted by molar-refractivity contribution is -0.0511. The molecular weight excluding hydrogens is 176 g/mol. The van der Waals surface area contributed by atoms with E-state index in [1.54, 1.807) is 0 Å². The van der Waals surface area contributed by atoms with Gasteiger partial charge in [-0.3, -0.25) is 4.90 Å². The minimum atomic E-state index is 0.509. The van der Waals surface area contributed by atoms with Gasteiger partial charge in [-0.1, -0.05) is 12.2 Å². The number of nitrogens with zero attached hydrogens (tertiary/aromatic N) is 1. The molecule has 3 heteroatoms. The molecule has 2 unspecified atom stereocenters. The van der Waals surface area contributed by atoms with Crippen molar-refractivity contribution in [3.8, 4) is 0 Å². The molecule has 2 fully saturated rings. The van der Waals surface area contributed by atoms with Gasteiger partial charge in [0.15, 0.2) is 0 Å². The van der Waals surface area contributed by atoms with Crippen LogP contribution in [0.1, 0.15) is 19.3 Å². The van der Waals surface area contributed by atoms with Crippen LogP contribution in [0.2, 0.25) is 0 Å². The average molecular weight is 196 g/mol. The van der Waals surface area contributed by atoms with Gasteiger partial charge in [-0.25, -0.2) is 0 Å². The van der Waals surface area contributed by atoms with Gasteiger partial charge in [-0.05, 0) is 19.3 Å². The molecule has 1 aliphatic carbocycles. The van der Waals surface area contributed by atoms with Crippen molar-refractivity contribution in [2.24, 2.45) is 5.73 Å². The van der Waals surface area contributed by atoms with E-state index in [0.29, 0.717) is 18.7 Å². The summed E-state index contributed by atoms with van der Waals surface area (Å²) in [7, 11) is 0. The van der Waals surface area contributed by atoms with E-state index in [4.69, 9.17) is 10.5 Å². The van der Waals surface area contributed by atoms with E-state index in [9.17, 15) is 0 Å². The summed E-state index contributed by atoms with van der Waals surface area (Å²) in [6, 6.07) is 0.672. The Morgan fingerprint density at radius 1 is 1.36 bits per heavy atom. The summed E-state index contributed by atoms with van der Waals surface area (Å²) in [4.78, 5) is 2.54. The number of fused-ring (bicyclic) bond motifs is 1. The van der Waals surface area contributed by atoms with Gasteiger partial charge in [0.25, 0.3) is 0 Å². The van der Waals surface area contributed by atoms with Crippen molar-refractivity contribution in [2.45, 2.75) is 31.4 Å². The van der Waals surface area contributed by atoms with Gasteiger partial charge in [-0.15, -0.1) is 0 Å². The molecule has 0 aromatic heterocycles. The largest absolute Gasteiger partial charge is 0.375 e. The lowest BCUT2D eigenvalue weighted by Gasteiger charge is -2.36. The summed E-state index contributed by atoms with van der Waals surface area (Å²) in [6.45, 7) is 3.67. The van der Waals surface area contributed by atoms with E-state index in [1.165, 1.54) is 19.3 Å². The predicted molar refractivity (Wildman–Crippen MR) is 57.1 cm³/mol. The van der Waals surface area contributed by atoms with Crippen molar-refractivity contribution in [2.75, 3.05) is 26.2 Å². The summed E-state index contributed by atoms with van der Waals surface area (Å²) < 4.78 is 5.75. The summed E-state index contributed by atoms with van der Waals surface area (Å²) in [6.07, 6.45) is 8.62. The second-order valence-electron chi connectivity index (χ2n) is 4.11. The second-order valence-corrected chi connectivity index (χ2v) is 4.11. The van der Waals surface area contributed by atoms with Crippen LogP contribution in [0.4, 0.5) is 0 Å². The van der Waals surface area contributed by atoms with Crippen LogP contribution >= 0.6 is 0 Å². The molecule has 2 aliphatic rings. The van der Waals surface area contributed by atoms with Crippen molar-refractivity contribution in [1.82, 2.24) is 4.90 Å². The number of hydrogen-bond donors (Lipinski definition) is 1. The first-order valence-electron chi connectivity index (χ1n) is 5.62. The summed E-state index contributed by atoms with van der Waals surface area (Å²) in [5.41, 5.74) is 5.42. The Balaban J connectivity index is 1.87. The summed E-state index contributed by atoms with van der Waals surface area (Å²) in [5.74, 6) is 0. The number of hydrogen-bond acceptors (Lipinski definition) is 3. The maximum Gasteiger partial charge on any atom is 0.0731 e. The number of rotatable bonds is 3. The van der Waals surface area contributed by atoms with Gasteiger partial charge < -0.3 is 10.5 Å². The quantitative estimate of drug-likeness (QED) is 0.677. The lowest BCUT2D eigenvalue weighted by atomic mass is 10.1. The molecule has 0 aromatic rings. The zero-order valence-electron chi connectivity index (χ0n) is 8.69. The zero-order valence-corrected chi connectivity index (χ0v) is 8.69. The van der Waals surface area contributed by atoms with Gasteiger partial charge in [0.05, 0.1) is 12.7 Å². The Labute approximate surface area is 85.9 Å². The molecular formula is C11H20N2O. The summed E-state index contributed by atoms with van der Waals surface area (Å²) in [5, 5.41) is 0. The standard InChI is InChI=1S/C11H20N2O/c12-6-1-2-7-13-8-9-14-11-5-3-4-10(11)13/h1-2,10-11H,3-9,12H2. The highest BCUT2D eigenvalue weighted by molar-refractivity contribution is 4.94. The maximum absolute atomic E-state index is 5.75. The van der Waals surface area contributed by atoms with Gasteiger partial charge in [0, 0.05) is 25.7 Å². The number of ether oxygens (including phenoxy) is 1. The van der Waals surface area contributed by atoms with Crippen LogP contribution in [-0.2, 0) is 4.74 Å². The van der Waals surface area contributed by atoms with Gasteiger partial charge in [-0.2, -0.15) is 0 Å². The van der Waals surface area contributed by atoms with Gasteiger partial charge in [0.2, 0.25) is 0 Å². The van der Waals surface area contributed by atoms with Crippen LogP contribution in [-0.4, -0.2) is 43.3 Å². The molecule has 2 rings (SSSR count). The van der Waals surface area contributed by atoms with E-state index in [0.717, 1.165) is 19.7 Å². The molecule has 2 N–H and O–H groups in total. The molecule has 1 saturated carbocycles. The number of nitrogens with two attached hydrogens (primary N) is 1. The Bertz CT molecular complexity index is 205. The van der Waals surface area contributed by atoms with Crippen LogP contribution in [0.25, 0.3) is 0 Å². The van der Waals surface area contributed by atoms with Gasteiger partial charge >= 0.3 is 0 Å². The molecule has 0 aromatic carbocycles. The molecule has 2 atom stereocenters. The first kappa shape index (κ1) is 10.1. The fourth-order valence-electron chi connectivity index (χ4n) is 2.54. The lowest BCUT2D eigenvalue weighted by Crippen LogP contribution is -2.48. The molecule has 0 amide bonds. The minimum Gasteiger partial charge on any atom is -0.375 e. The van der Waals surface area contributed by atoms with Crippen molar-refractivity contribution >= 4 is 0 Å². The molecule has 0 bridgehead atoms. The van der Waals surface area contributed by atoms with Crippen molar-refractivity contribution in [1.29, 1.82) is 0 Å². The third kappa shape index (κ3) is 2.16. The van der Waals surface area contributed by atoms with E-state index in [-0.39, 0.29) is 0 Å². The van der Waals surface area contributed by atoms with E-state index < -0.39 is 0 Å². The van der Waals surface area contributed by atoms with Crippen molar-refractivity contribution < 1.29 is 4.74 Å². The number of morpholine rings is 1. The molecule has 14 heavy (non-hydrogen) atoms. The monoisotopic (exact) mass is 196 g/mol. The Hall–Kier alpha value is -0.380. The maximum atomic E-state index is 5.75. The van der Waals surface area contributed by atoms with E-state index >= 15 is 0 Å². The smallest absolute Gasteiger partial charge is 0.0731 e. The molecule has 1 aliphatic heterocycles. The molecule has 80 valence electrons. The van der Waals surface area contributed by atoms with E-state index in [1.807, 2.05) is 6.08 Å². The normalized spacial score (nSPS) is 33.8. The van der Waals surface area contributed by atoms with E-state index in [2.05, 4.69) is 11.0 Å². The third-order valence-electron chi connectivity index (χ3n) is 3.24. The fourth-order valence-corrected chi connectivity index (χ4v) is 2.54. The molecule has 3 nitrogen and oxygen atoms in total. The zero-order chi connectivity index (χ0) is 9.80. The van der Waals surface area contributed by atoms with Crippen LogP contribution in [0.3, 0.4) is 0 Å². The van der Waals surface area contributed by atoms with Crippen molar-refractivity contribution in [3.05, 3.63) is 12.2 Å². The topological polar surface area (TPSA) is 38.5 Å². The first-order valence-corrected chi connectivity index (χ1v) is 5.62. The molecule has 0 radical (unpaired) electrons. The van der Waals surface area contributed by atoms with Crippen LogP contribution < -0.4 is 5.73 Å². The second kappa shape index (κ2) is 4.91. The highest BCUT2D eigenvalue weighted by Gasteiger charge is 2.35. The van der Waals surface area contributed by atoms with Crippen LogP contribution in [0.5, 0.6) is 0 Å². The van der Waals surface area contributed by atoms with Crippen molar-refractivity contribution in [3.63, 3.8) is 0 Å². The average Bonchev–Trinajstić information content (AvgIpc) is 2.67. The van der Waals surface area contributed by atoms with Crippen LogP contribution in [0, 0.1) is 0 Å². The highest BCUT2D eigenvalue weighted by Crippen LogP contribution is 2.29. The first-order chi connectivity index (χ1) is 6.92. The SMILES string of the molecule is NCC=CCN1CCOC2CCCC21. The Morgan fingerprint density at radius 3 is 3.14 bits per heavy atom. The van der Waals surface area contributed by atoms with Crippen LogP contribution in [0.15, 0.2) is 12.2 Å². The molecule has 0 spiro atoms. The molecule has 1 saturated heterocycles. The minimum absolute atomic E-state index is 0.509. The van der Waals surface area contributed by atoms with Gasteiger partial charge in [0.1, 0.15) is 0 Å². The fraction of sp³-hybridized carbons (Fsp3) is 0.818. The molecule has 1 heterocycles.